The second kappa shape index (κ2) is 5.99. The monoisotopic (exact) mass is 297 g/mol. The summed E-state index contributed by atoms with van der Waals surface area (Å²) in [6, 6.07) is 11.2. The second-order valence-electron chi connectivity index (χ2n) is 6.53. The number of rotatable bonds is 3. The first-order chi connectivity index (χ1) is 10.0. The van der Waals surface area contributed by atoms with Gasteiger partial charge < -0.3 is 5.32 Å². The molecule has 21 heavy (non-hydrogen) atoms. The lowest BCUT2D eigenvalue weighted by Crippen LogP contribution is -2.47. The van der Waals surface area contributed by atoms with Crippen LogP contribution in [0.4, 0.5) is 13.2 Å². The van der Waals surface area contributed by atoms with Gasteiger partial charge >= 0.3 is 6.18 Å². The minimum absolute atomic E-state index is 0.283. The number of hydrogen-bond acceptors (Lipinski definition) is 1. The third-order valence-corrected chi connectivity index (χ3v) is 5.07. The lowest BCUT2D eigenvalue weighted by Gasteiger charge is -2.40. The minimum Gasteiger partial charge on any atom is -0.311 e. The van der Waals surface area contributed by atoms with Crippen LogP contribution in [0.25, 0.3) is 0 Å². The molecule has 1 N–H and O–H groups in total. The lowest BCUT2D eigenvalue weighted by atomic mass is 9.75. The predicted octanol–water partition coefficient (Wildman–Crippen LogP) is 4.64. The van der Waals surface area contributed by atoms with Crippen molar-refractivity contribution >= 4 is 0 Å². The van der Waals surface area contributed by atoms with Gasteiger partial charge in [0.15, 0.2) is 0 Å². The van der Waals surface area contributed by atoms with E-state index in [9.17, 15) is 13.2 Å². The number of nitrogens with one attached hydrogen (secondary N) is 1. The largest absolute Gasteiger partial charge is 0.391 e. The van der Waals surface area contributed by atoms with Crippen LogP contribution < -0.4 is 5.32 Å². The molecule has 0 amide bonds. The van der Waals surface area contributed by atoms with Crippen molar-refractivity contribution in [2.24, 2.45) is 5.92 Å². The molecule has 116 valence electrons. The summed E-state index contributed by atoms with van der Waals surface area (Å²) in [5, 5.41) is 3.56. The molecule has 0 saturated heterocycles. The van der Waals surface area contributed by atoms with E-state index < -0.39 is 12.1 Å². The summed E-state index contributed by atoms with van der Waals surface area (Å²) in [5.41, 5.74) is 1.39. The Labute approximate surface area is 123 Å². The fourth-order valence-corrected chi connectivity index (χ4v) is 3.67. The van der Waals surface area contributed by atoms with Crippen LogP contribution in [0.15, 0.2) is 30.3 Å². The van der Waals surface area contributed by atoms with Gasteiger partial charge in [-0.3, -0.25) is 0 Å². The third kappa shape index (κ3) is 3.60. The van der Waals surface area contributed by atoms with E-state index in [1.165, 1.54) is 5.56 Å². The standard InChI is InChI=1S/C17H22F3N/c18-17(19,20)14-6-8-15(9-7-14)21-16-10-13(11-16)12-4-2-1-3-5-12/h1-5,13-16,21H,6-11H2. The highest BCUT2D eigenvalue weighted by Gasteiger charge is 2.42. The molecule has 2 aliphatic rings. The van der Waals surface area contributed by atoms with Gasteiger partial charge in [-0.2, -0.15) is 13.2 Å². The highest BCUT2D eigenvalue weighted by Crippen LogP contribution is 2.40. The molecule has 2 aliphatic carbocycles. The van der Waals surface area contributed by atoms with Crippen LogP contribution >= 0.6 is 0 Å². The van der Waals surface area contributed by atoms with Crippen molar-refractivity contribution in [2.75, 3.05) is 0 Å². The molecule has 1 aromatic carbocycles. The van der Waals surface area contributed by atoms with Gasteiger partial charge in [0.05, 0.1) is 5.92 Å². The Bertz CT molecular complexity index is 443. The summed E-state index contributed by atoms with van der Waals surface area (Å²) in [6.45, 7) is 0. The Morgan fingerprint density at radius 1 is 0.857 bits per heavy atom. The Morgan fingerprint density at radius 2 is 1.48 bits per heavy atom. The average molecular weight is 297 g/mol. The van der Waals surface area contributed by atoms with Crippen LogP contribution in [0.1, 0.15) is 50.0 Å². The highest BCUT2D eigenvalue weighted by atomic mass is 19.4. The number of halogens is 3. The number of benzene rings is 1. The summed E-state index contributed by atoms with van der Waals surface area (Å²) in [7, 11) is 0. The number of hydrogen-bond donors (Lipinski definition) is 1. The van der Waals surface area contributed by atoms with Gasteiger partial charge in [-0.1, -0.05) is 30.3 Å². The highest BCUT2D eigenvalue weighted by molar-refractivity contribution is 5.22. The average Bonchev–Trinajstić information content (AvgIpc) is 2.43. The van der Waals surface area contributed by atoms with Gasteiger partial charge in [-0.15, -0.1) is 0 Å². The lowest BCUT2D eigenvalue weighted by molar-refractivity contribution is -0.182. The first-order valence-electron chi connectivity index (χ1n) is 7.90. The van der Waals surface area contributed by atoms with Crippen LogP contribution in [-0.4, -0.2) is 18.3 Å². The second-order valence-corrected chi connectivity index (χ2v) is 6.53. The van der Waals surface area contributed by atoms with E-state index in [0.717, 1.165) is 12.8 Å². The van der Waals surface area contributed by atoms with Crippen molar-refractivity contribution in [2.45, 2.75) is 62.7 Å². The maximum absolute atomic E-state index is 12.6. The smallest absolute Gasteiger partial charge is 0.311 e. The Kier molecular flexibility index (Phi) is 4.25. The van der Waals surface area contributed by atoms with Crippen LogP contribution in [0.2, 0.25) is 0 Å². The molecule has 0 aromatic heterocycles. The molecule has 0 spiro atoms. The zero-order chi connectivity index (χ0) is 14.9. The van der Waals surface area contributed by atoms with Crippen molar-refractivity contribution in [3.8, 4) is 0 Å². The fraction of sp³-hybridized carbons (Fsp3) is 0.647. The molecular formula is C17H22F3N. The maximum atomic E-state index is 12.6. The first kappa shape index (κ1) is 14.9. The molecule has 2 fully saturated rings. The summed E-state index contributed by atoms with van der Waals surface area (Å²) in [4.78, 5) is 0. The maximum Gasteiger partial charge on any atom is 0.391 e. The zero-order valence-electron chi connectivity index (χ0n) is 12.1. The van der Waals surface area contributed by atoms with Gasteiger partial charge in [-0.25, -0.2) is 0 Å². The van der Waals surface area contributed by atoms with Gasteiger partial charge in [0, 0.05) is 12.1 Å². The van der Waals surface area contributed by atoms with Crippen LogP contribution in [0.5, 0.6) is 0 Å². The van der Waals surface area contributed by atoms with Crippen LogP contribution in [-0.2, 0) is 0 Å². The first-order valence-corrected chi connectivity index (χ1v) is 7.90. The fourth-order valence-electron chi connectivity index (χ4n) is 3.67. The van der Waals surface area contributed by atoms with Gasteiger partial charge in [-0.05, 0) is 50.0 Å². The molecule has 0 atom stereocenters. The van der Waals surface area contributed by atoms with Crippen molar-refractivity contribution in [3.05, 3.63) is 35.9 Å². The summed E-state index contributed by atoms with van der Waals surface area (Å²) in [5.74, 6) is -0.454. The third-order valence-electron chi connectivity index (χ3n) is 5.07. The summed E-state index contributed by atoms with van der Waals surface area (Å²) < 4.78 is 37.9. The van der Waals surface area contributed by atoms with Gasteiger partial charge in [0.2, 0.25) is 0 Å². The molecule has 0 bridgehead atoms. The molecule has 3 rings (SSSR count). The van der Waals surface area contributed by atoms with E-state index in [-0.39, 0.29) is 18.9 Å². The van der Waals surface area contributed by atoms with Crippen molar-refractivity contribution in [3.63, 3.8) is 0 Å². The SMILES string of the molecule is FC(F)(F)C1CCC(NC2CC(c3ccccc3)C2)CC1. The van der Waals surface area contributed by atoms with Crippen LogP contribution in [0.3, 0.4) is 0 Å². The van der Waals surface area contributed by atoms with Crippen molar-refractivity contribution in [1.29, 1.82) is 0 Å². The van der Waals surface area contributed by atoms with E-state index in [1.807, 2.05) is 6.07 Å². The Hall–Kier alpha value is -1.03. The molecule has 2 saturated carbocycles. The quantitative estimate of drug-likeness (QED) is 0.856. The van der Waals surface area contributed by atoms with E-state index in [4.69, 9.17) is 0 Å². The molecule has 0 aliphatic heterocycles. The van der Waals surface area contributed by atoms with Gasteiger partial charge in [0.25, 0.3) is 0 Å². The number of alkyl halides is 3. The predicted molar refractivity (Wildman–Crippen MR) is 77.1 cm³/mol. The normalized spacial score (nSPS) is 33.5. The minimum atomic E-state index is -4.00. The van der Waals surface area contributed by atoms with Crippen LogP contribution in [0, 0.1) is 5.92 Å². The van der Waals surface area contributed by atoms with E-state index in [0.29, 0.717) is 24.8 Å². The van der Waals surface area contributed by atoms with Crippen molar-refractivity contribution in [1.82, 2.24) is 5.32 Å². The molecule has 1 nitrogen and oxygen atoms in total. The molecular weight excluding hydrogens is 275 g/mol. The molecule has 4 heteroatoms. The van der Waals surface area contributed by atoms with E-state index >= 15 is 0 Å². The Morgan fingerprint density at radius 3 is 2.05 bits per heavy atom. The molecule has 0 heterocycles. The van der Waals surface area contributed by atoms with Crippen molar-refractivity contribution < 1.29 is 13.2 Å². The van der Waals surface area contributed by atoms with E-state index in [2.05, 4.69) is 29.6 Å². The Balaban J connectivity index is 1.40. The molecule has 0 radical (unpaired) electrons. The topological polar surface area (TPSA) is 12.0 Å². The zero-order valence-corrected chi connectivity index (χ0v) is 12.1. The van der Waals surface area contributed by atoms with E-state index in [1.54, 1.807) is 0 Å². The summed E-state index contributed by atoms with van der Waals surface area (Å²) >= 11 is 0. The molecule has 1 aromatic rings. The van der Waals surface area contributed by atoms with Gasteiger partial charge in [0.1, 0.15) is 0 Å². The summed E-state index contributed by atoms with van der Waals surface area (Å²) in [6.07, 6.45) is 0.131. The molecule has 0 unspecified atom stereocenters.